The summed E-state index contributed by atoms with van der Waals surface area (Å²) in [5, 5.41) is 0. The minimum atomic E-state index is 0.634. The summed E-state index contributed by atoms with van der Waals surface area (Å²) in [7, 11) is 1.65. The van der Waals surface area contributed by atoms with Crippen molar-refractivity contribution in [2.45, 2.75) is 6.42 Å². The Labute approximate surface area is 126 Å². The van der Waals surface area contributed by atoms with Crippen LogP contribution in [0, 0.1) is 0 Å². The van der Waals surface area contributed by atoms with E-state index in [1.54, 1.807) is 19.6 Å². The summed E-state index contributed by atoms with van der Waals surface area (Å²) in [6.45, 7) is 1.42. The predicted octanol–water partition coefficient (Wildman–Crippen LogP) is 2.73. The summed E-state index contributed by atoms with van der Waals surface area (Å²) in [6, 6.07) is 7.87. The largest absolute Gasteiger partial charge is 0.497 e. The maximum atomic E-state index is 5.63. The monoisotopic (exact) mass is 336 g/mol. The lowest BCUT2D eigenvalue weighted by molar-refractivity contribution is 0.415. The second-order valence-electron chi connectivity index (χ2n) is 4.19. The van der Waals surface area contributed by atoms with Crippen LogP contribution in [-0.2, 0) is 0 Å². The van der Waals surface area contributed by atoms with Crippen molar-refractivity contribution in [3.8, 4) is 5.75 Å². The Balaban J connectivity index is 2.33. The first-order valence-electron chi connectivity index (χ1n) is 6.33. The Morgan fingerprint density at radius 1 is 1.30 bits per heavy atom. The van der Waals surface area contributed by atoms with E-state index in [2.05, 4.69) is 30.8 Å². The number of benzene rings is 1. The topological polar surface area (TPSA) is 64.3 Å². The smallest absolute Gasteiger partial charge is 0.150 e. The van der Waals surface area contributed by atoms with Gasteiger partial charge in [0.1, 0.15) is 12.1 Å². The molecule has 2 aromatic rings. The number of aromatic nitrogens is 2. The van der Waals surface area contributed by atoms with E-state index in [0.717, 1.165) is 34.7 Å². The Hall–Kier alpha value is -1.66. The first kappa shape index (κ1) is 14.7. The molecule has 1 aromatic heterocycles. The molecule has 1 heterocycles. The summed E-state index contributed by atoms with van der Waals surface area (Å²) in [5.41, 5.74) is 6.67. The number of nitrogens with two attached hydrogens (primary N) is 1. The zero-order valence-corrected chi connectivity index (χ0v) is 12.9. The van der Waals surface area contributed by atoms with Gasteiger partial charge < -0.3 is 15.4 Å². The molecule has 0 saturated heterocycles. The molecular weight excluding hydrogens is 320 g/mol. The molecule has 5 nitrogen and oxygen atoms in total. The van der Waals surface area contributed by atoms with Crippen LogP contribution < -0.4 is 15.4 Å². The van der Waals surface area contributed by atoms with Crippen molar-refractivity contribution >= 4 is 27.4 Å². The highest BCUT2D eigenvalue weighted by atomic mass is 79.9. The Morgan fingerprint density at radius 3 is 2.65 bits per heavy atom. The normalized spacial score (nSPS) is 10.3. The van der Waals surface area contributed by atoms with E-state index in [0.29, 0.717) is 6.54 Å². The van der Waals surface area contributed by atoms with Gasteiger partial charge in [-0.3, -0.25) is 0 Å². The fourth-order valence-corrected chi connectivity index (χ4v) is 2.31. The average Bonchev–Trinajstić information content (AvgIpc) is 2.50. The molecule has 0 unspecified atom stereocenters. The lowest BCUT2D eigenvalue weighted by atomic mass is 10.2. The summed E-state index contributed by atoms with van der Waals surface area (Å²) < 4.78 is 6.04. The molecule has 20 heavy (non-hydrogen) atoms. The average molecular weight is 337 g/mol. The molecule has 6 heteroatoms. The van der Waals surface area contributed by atoms with Gasteiger partial charge in [-0.15, -0.1) is 0 Å². The van der Waals surface area contributed by atoms with Crippen molar-refractivity contribution < 1.29 is 4.74 Å². The van der Waals surface area contributed by atoms with E-state index >= 15 is 0 Å². The lowest BCUT2D eigenvalue weighted by Gasteiger charge is -2.24. The Kier molecular flexibility index (Phi) is 5.31. The summed E-state index contributed by atoms with van der Waals surface area (Å²) in [6.07, 6.45) is 4.16. The maximum Gasteiger partial charge on any atom is 0.150 e. The summed E-state index contributed by atoms with van der Waals surface area (Å²) >= 11 is 3.49. The molecular formula is C14H17BrN4O. The van der Waals surface area contributed by atoms with Crippen LogP contribution in [0.5, 0.6) is 5.75 Å². The van der Waals surface area contributed by atoms with Crippen LogP contribution in [0.2, 0.25) is 0 Å². The molecule has 106 valence electrons. The molecule has 0 aliphatic heterocycles. The van der Waals surface area contributed by atoms with Crippen molar-refractivity contribution in [2.75, 3.05) is 25.1 Å². The third kappa shape index (κ3) is 3.46. The molecule has 2 rings (SSSR count). The van der Waals surface area contributed by atoms with Gasteiger partial charge in [0.05, 0.1) is 11.6 Å². The number of rotatable bonds is 6. The number of methoxy groups -OCH3 is 1. The van der Waals surface area contributed by atoms with Crippen LogP contribution in [0.3, 0.4) is 0 Å². The van der Waals surface area contributed by atoms with Crippen molar-refractivity contribution in [3.63, 3.8) is 0 Å². The molecule has 0 spiro atoms. The molecule has 0 aliphatic rings. The standard InChI is InChI=1S/C14H17BrN4O/c1-20-12-5-3-11(4-6-12)19(8-2-7-16)14-13(15)9-17-10-18-14/h3-6,9-10H,2,7-8,16H2,1H3. The molecule has 0 atom stereocenters. The number of ether oxygens (including phenoxy) is 1. The van der Waals surface area contributed by atoms with Crippen molar-refractivity contribution in [1.82, 2.24) is 9.97 Å². The van der Waals surface area contributed by atoms with Crippen LogP contribution in [0.4, 0.5) is 11.5 Å². The van der Waals surface area contributed by atoms with Crippen LogP contribution in [0.1, 0.15) is 6.42 Å². The minimum absolute atomic E-state index is 0.634. The molecule has 1 aromatic carbocycles. The van der Waals surface area contributed by atoms with Crippen molar-refractivity contribution in [1.29, 1.82) is 0 Å². The van der Waals surface area contributed by atoms with Gasteiger partial charge in [-0.2, -0.15) is 0 Å². The van der Waals surface area contributed by atoms with Crippen molar-refractivity contribution in [2.24, 2.45) is 5.73 Å². The maximum absolute atomic E-state index is 5.63. The third-order valence-corrected chi connectivity index (χ3v) is 3.43. The molecule has 0 radical (unpaired) electrons. The van der Waals surface area contributed by atoms with E-state index in [4.69, 9.17) is 10.5 Å². The highest BCUT2D eigenvalue weighted by Gasteiger charge is 2.13. The van der Waals surface area contributed by atoms with Crippen LogP contribution in [0.15, 0.2) is 41.3 Å². The highest BCUT2D eigenvalue weighted by molar-refractivity contribution is 9.10. The zero-order chi connectivity index (χ0) is 14.4. The van der Waals surface area contributed by atoms with E-state index in [1.165, 1.54) is 0 Å². The third-order valence-electron chi connectivity index (χ3n) is 2.87. The number of hydrogen-bond donors (Lipinski definition) is 1. The molecule has 0 saturated carbocycles. The van der Waals surface area contributed by atoms with E-state index in [9.17, 15) is 0 Å². The number of hydrogen-bond acceptors (Lipinski definition) is 5. The second-order valence-corrected chi connectivity index (χ2v) is 5.04. The lowest BCUT2D eigenvalue weighted by Crippen LogP contribution is -2.22. The first-order chi connectivity index (χ1) is 9.76. The molecule has 0 amide bonds. The van der Waals surface area contributed by atoms with E-state index < -0.39 is 0 Å². The number of anilines is 2. The van der Waals surface area contributed by atoms with Gasteiger partial charge >= 0.3 is 0 Å². The SMILES string of the molecule is COc1ccc(N(CCCN)c2ncncc2Br)cc1. The van der Waals surface area contributed by atoms with Crippen LogP contribution >= 0.6 is 15.9 Å². The van der Waals surface area contributed by atoms with Gasteiger partial charge in [-0.1, -0.05) is 0 Å². The summed E-state index contributed by atoms with van der Waals surface area (Å²) in [4.78, 5) is 10.5. The molecule has 2 N–H and O–H groups in total. The van der Waals surface area contributed by atoms with E-state index in [1.807, 2.05) is 24.3 Å². The number of nitrogens with zero attached hydrogens (tertiary/aromatic N) is 3. The quantitative estimate of drug-likeness (QED) is 0.878. The Morgan fingerprint density at radius 2 is 2.05 bits per heavy atom. The first-order valence-corrected chi connectivity index (χ1v) is 7.12. The van der Waals surface area contributed by atoms with Gasteiger partial charge in [0.25, 0.3) is 0 Å². The van der Waals surface area contributed by atoms with Crippen LogP contribution in [0.25, 0.3) is 0 Å². The predicted molar refractivity (Wildman–Crippen MR) is 83.4 cm³/mol. The second kappa shape index (κ2) is 7.21. The Bertz CT molecular complexity index is 547. The minimum Gasteiger partial charge on any atom is -0.497 e. The number of halogens is 1. The molecule has 0 aliphatic carbocycles. The fraction of sp³-hybridized carbons (Fsp3) is 0.286. The molecule has 0 fully saturated rings. The summed E-state index contributed by atoms with van der Waals surface area (Å²) in [5.74, 6) is 1.66. The highest BCUT2D eigenvalue weighted by Crippen LogP contribution is 2.30. The van der Waals surface area contributed by atoms with Crippen molar-refractivity contribution in [3.05, 3.63) is 41.3 Å². The van der Waals surface area contributed by atoms with Gasteiger partial charge in [0.2, 0.25) is 0 Å². The van der Waals surface area contributed by atoms with Gasteiger partial charge in [0.15, 0.2) is 5.82 Å². The van der Waals surface area contributed by atoms with Gasteiger partial charge in [-0.25, -0.2) is 9.97 Å². The van der Waals surface area contributed by atoms with Crippen LogP contribution in [-0.4, -0.2) is 30.2 Å². The van der Waals surface area contributed by atoms with Gasteiger partial charge in [0, 0.05) is 18.4 Å². The fourth-order valence-electron chi connectivity index (χ4n) is 1.87. The van der Waals surface area contributed by atoms with Gasteiger partial charge in [-0.05, 0) is 53.2 Å². The zero-order valence-electron chi connectivity index (χ0n) is 11.3. The van der Waals surface area contributed by atoms with E-state index in [-0.39, 0.29) is 0 Å². The molecule has 0 bridgehead atoms.